The van der Waals surface area contributed by atoms with Crippen LogP contribution in [0.15, 0.2) is 23.2 Å². The highest BCUT2D eigenvalue weighted by Gasteiger charge is 2.08. The third-order valence-corrected chi connectivity index (χ3v) is 2.62. The van der Waals surface area contributed by atoms with Gasteiger partial charge in [-0.25, -0.2) is 0 Å². The molecular weight excluding hydrogens is 357 g/mol. The van der Waals surface area contributed by atoms with Gasteiger partial charge in [0.1, 0.15) is 0 Å². The van der Waals surface area contributed by atoms with Crippen molar-refractivity contribution in [2.45, 2.75) is 13.3 Å². The quantitative estimate of drug-likeness (QED) is 0.449. The topological polar surface area (TPSA) is 82.9 Å². The summed E-state index contributed by atoms with van der Waals surface area (Å²) in [6.45, 7) is 2.72. The Morgan fingerprint density at radius 1 is 1.21 bits per heavy atom. The second kappa shape index (κ2) is 8.84. The van der Waals surface area contributed by atoms with E-state index in [0.29, 0.717) is 12.5 Å². The number of rotatable bonds is 6. The minimum Gasteiger partial charge on any atom is -0.493 e. The maximum Gasteiger partial charge on any atom is 0.185 e. The highest BCUT2D eigenvalue weighted by Crippen LogP contribution is 2.28. The number of ether oxygens (including phenoxy) is 2. The molecule has 108 valence electrons. The number of nitrogens with two attached hydrogens (primary N) is 2. The number of nitrogens with zero attached hydrogens (tertiary/aromatic N) is 1. The third kappa shape index (κ3) is 6.00. The van der Waals surface area contributed by atoms with Gasteiger partial charge in [-0.15, -0.1) is 24.0 Å². The van der Waals surface area contributed by atoms with Gasteiger partial charge in [-0.2, -0.15) is 0 Å². The van der Waals surface area contributed by atoms with E-state index in [0.717, 1.165) is 17.9 Å². The lowest BCUT2D eigenvalue weighted by Gasteiger charge is -2.12. The van der Waals surface area contributed by atoms with Crippen LogP contribution in [0.1, 0.15) is 12.5 Å². The smallest absolute Gasteiger partial charge is 0.185 e. The van der Waals surface area contributed by atoms with Crippen LogP contribution in [0, 0.1) is 5.92 Å². The number of aliphatic imine (C=N–C) groups is 1. The van der Waals surface area contributed by atoms with Crippen LogP contribution >= 0.6 is 24.0 Å². The predicted molar refractivity (Wildman–Crippen MR) is 88.5 cm³/mol. The Bertz CT molecular complexity index is 420. The second-order valence-corrected chi connectivity index (χ2v) is 4.26. The van der Waals surface area contributed by atoms with Gasteiger partial charge >= 0.3 is 0 Å². The molecule has 0 aromatic heterocycles. The fourth-order valence-corrected chi connectivity index (χ4v) is 1.74. The normalized spacial score (nSPS) is 11.1. The van der Waals surface area contributed by atoms with Crippen molar-refractivity contribution in [3.63, 3.8) is 0 Å². The van der Waals surface area contributed by atoms with Crippen LogP contribution in [-0.4, -0.2) is 26.7 Å². The first-order chi connectivity index (χ1) is 8.56. The summed E-state index contributed by atoms with van der Waals surface area (Å²) in [5.41, 5.74) is 11.8. The van der Waals surface area contributed by atoms with Gasteiger partial charge < -0.3 is 20.9 Å². The standard InChI is InChI=1S/C13H21N3O2.HI/c1-9(8-16-13(14)15)6-10-4-5-11(17-2)12(7-10)18-3;/h4-5,7,9H,6,8H2,1-3H3,(H4,14,15,16);1H. The first-order valence-corrected chi connectivity index (χ1v) is 5.83. The van der Waals surface area contributed by atoms with Crippen molar-refractivity contribution in [3.8, 4) is 11.5 Å². The molecule has 1 aromatic rings. The van der Waals surface area contributed by atoms with E-state index < -0.39 is 0 Å². The molecule has 0 heterocycles. The fraction of sp³-hybridized carbons (Fsp3) is 0.462. The number of benzene rings is 1. The van der Waals surface area contributed by atoms with E-state index >= 15 is 0 Å². The van der Waals surface area contributed by atoms with Gasteiger partial charge in [0.2, 0.25) is 0 Å². The molecule has 5 nitrogen and oxygen atoms in total. The van der Waals surface area contributed by atoms with Crippen LogP contribution in [0.4, 0.5) is 0 Å². The lowest BCUT2D eigenvalue weighted by molar-refractivity contribution is 0.354. The number of halogens is 1. The molecule has 1 unspecified atom stereocenters. The molecule has 4 N–H and O–H groups in total. The molecule has 6 heteroatoms. The third-order valence-electron chi connectivity index (χ3n) is 2.62. The molecule has 0 radical (unpaired) electrons. The predicted octanol–water partition coefficient (Wildman–Crippen LogP) is 1.77. The van der Waals surface area contributed by atoms with E-state index in [4.69, 9.17) is 20.9 Å². The monoisotopic (exact) mass is 379 g/mol. The molecule has 0 saturated carbocycles. The van der Waals surface area contributed by atoms with Crippen LogP contribution < -0.4 is 20.9 Å². The largest absolute Gasteiger partial charge is 0.493 e. The van der Waals surface area contributed by atoms with Gasteiger partial charge in [0, 0.05) is 6.54 Å². The molecule has 0 aliphatic rings. The van der Waals surface area contributed by atoms with E-state index in [2.05, 4.69) is 11.9 Å². The summed E-state index contributed by atoms with van der Waals surface area (Å²) in [4.78, 5) is 4.01. The van der Waals surface area contributed by atoms with Crippen molar-refractivity contribution in [3.05, 3.63) is 23.8 Å². The van der Waals surface area contributed by atoms with Gasteiger partial charge in [0.15, 0.2) is 17.5 Å². The van der Waals surface area contributed by atoms with E-state index in [-0.39, 0.29) is 29.9 Å². The van der Waals surface area contributed by atoms with Crippen LogP contribution in [0.5, 0.6) is 11.5 Å². The molecule has 19 heavy (non-hydrogen) atoms. The lowest BCUT2D eigenvalue weighted by atomic mass is 10.0. The zero-order valence-electron chi connectivity index (χ0n) is 11.6. The van der Waals surface area contributed by atoms with E-state index in [1.54, 1.807) is 14.2 Å². The molecule has 1 rings (SSSR count). The van der Waals surface area contributed by atoms with E-state index in [1.807, 2.05) is 18.2 Å². The Kier molecular flexibility index (Phi) is 8.29. The molecule has 0 fully saturated rings. The Balaban J connectivity index is 0.00000324. The maximum absolute atomic E-state index is 5.31. The van der Waals surface area contributed by atoms with Gasteiger partial charge in [-0.3, -0.25) is 4.99 Å². The SMILES string of the molecule is COc1ccc(CC(C)CN=C(N)N)cc1OC.I. The molecule has 0 saturated heterocycles. The van der Waals surface area contributed by atoms with Gasteiger partial charge in [-0.1, -0.05) is 13.0 Å². The van der Waals surface area contributed by atoms with Crippen LogP contribution in [0.3, 0.4) is 0 Å². The highest BCUT2D eigenvalue weighted by molar-refractivity contribution is 14.0. The molecule has 0 spiro atoms. The van der Waals surface area contributed by atoms with E-state index in [1.165, 1.54) is 5.56 Å². The molecule has 0 aliphatic heterocycles. The maximum atomic E-state index is 5.31. The van der Waals surface area contributed by atoms with Crippen LogP contribution in [0.25, 0.3) is 0 Å². The minimum absolute atomic E-state index is 0. The van der Waals surface area contributed by atoms with Gasteiger partial charge in [0.05, 0.1) is 14.2 Å². The summed E-state index contributed by atoms with van der Waals surface area (Å²) in [7, 11) is 3.25. The Morgan fingerprint density at radius 2 is 1.84 bits per heavy atom. The summed E-state index contributed by atoms with van der Waals surface area (Å²) in [6.07, 6.45) is 0.886. The molecule has 1 aromatic carbocycles. The summed E-state index contributed by atoms with van der Waals surface area (Å²) in [5, 5.41) is 0. The second-order valence-electron chi connectivity index (χ2n) is 4.26. The lowest BCUT2D eigenvalue weighted by Crippen LogP contribution is -2.24. The zero-order valence-corrected chi connectivity index (χ0v) is 13.9. The van der Waals surface area contributed by atoms with Crippen molar-refractivity contribution in [2.75, 3.05) is 20.8 Å². The summed E-state index contributed by atoms with van der Waals surface area (Å²) in [5.74, 6) is 1.97. The average Bonchev–Trinajstić information content (AvgIpc) is 2.36. The molecule has 0 amide bonds. The summed E-state index contributed by atoms with van der Waals surface area (Å²) in [6, 6.07) is 5.90. The summed E-state index contributed by atoms with van der Waals surface area (Å²) >= 11 is 0. The van der Waals surface area contributed by atoms with Crippen molar-refractivity contribution >= 4 is 29.9 Å². The van der Waals surface area contributed by atoms with Crippen molar-refractivity contribution in [1.82, 2.24) is 0 Å². The first-order valence-electron chi connectivity index (χ1n) is 5.83. The molecule has 0 bridgehead atoms. The average molecular weight is 379 g/mol. The number of methoxy groups -OCH3 is 2. The van der Waals surface area contributed by atoms with E-state index in [9.17, 15) is 0 Å². The van der Waals surface area contributed by atoms with Gasteiger partial charge in [0.25, 0.3) is 0 Å². The Hall–Kier alpha value is -1.18. The number of guanidine groups is 1. The summed E-state index contributed by atoms with van der Waals surface area (Å²) < 4.78 is 10.5. The molecule has 0 aliphatic carbocycles. The highest BCUT2D eigenvalue weighted by atomic mass is 127. The number of hydrogen-bond acceptors (Lipinski definition) is 3. The minimum atomic E-state index is 0. The van der Waals surface area contributed by atoms with Crippen molar-refractivity contribution in [1.29, 1.82) is 0 Å². The fourth-order valence-electron chi connectivity index (χ4n) is 1.74. The number of hydrogen-bond donors (Lipinski definition) is 2. The zero-order chi connectivity index (χ0) is 13.5. The van der Waals surface area contributed by atoms with Crippen LogP contribution in [-0.2, 0) is 6.42 Å². The van der Waals surface area contributed by atoms with Crippen molar-refractivity contribution < 1.29 is 9.47 Å². The Morgan fingerprint density at radius 3 is 2.37 bits per heavy atom. The first kappa shape index (κ1) is 17.8. The van der Waals surface area contributed by atoms with Crippen molar-refractivity contribution in [2.24, 2.45) is 22.4 Å². The molecule has 1 atom stereocenters. The molecular formula is C13H22IN3O2. The van der Waals surface area contributed by atoms with Crippen LogP contribution in [0.2, 0.25) is 0 Å². The Labute approximate surface area is 131 Å². The van der Waals surface area contributed by atoms with Gasteiger partial charge in [-0.05, 0) is 30.0 Å².